The fraction of sp³-hybridized carbons (Fsp3) is 1.00. The normalized spacial score (nSPS) is 15.8. The van der Waals surface area contributed by atoms with Crippen LogP contribution in [0, 0.1) is 11.3 Å². The predicted molar refractivity (Wildman–Crippen MR) is 69.0 cm³/mol. The zero-order chi connectivity index (χ0) is 12.3. The summed E-state index contributed by atoms with van der Waals surface area (Å²) in [6, 6.07) is 0.254. The molecule has 92 valence electrons. The molecule has 0 aromatic rings. The zero-order valence-corrected chi connectivity index (χ0v) is 11.6. The zero-order valence-electron chi connectivity index (χ0n) is 11.6. The van der Waals surface area contributed by atoms with E-state index in [1.807, 2.05) is 0 Å². The van der Waals surface area contributed by atoms with Crippen molar-refractivity contribution in [1.29, 1.82) is 0 Å². The van der Waals surface area contributed by atoms with Crippen molar-refractivity contribution in [1.82, 2.24) is 5.32 Å². The lowest BCUT2D eigenvalue weighted by molar-refractivity contribution is 0.234. The van der Waals surface area contributed by atoms with Gasteiger partial charge in [0.05, 0.1) is 0 Å². The van der Waals surface area contributed by atoms with Gasteiger partial charge in [-0.1, -0.05) is 34.6 Å². The molecule has 0 aromatic carbocycles. The Morgan fingerprint density at radius 1 is 1.07 bits per heavy atom. The molecule has 0 aliphatic carbocycles. The highest BCUT2D eigenvalue weighted by molar-refractivity contribution is 4.85. The van der Waals surface area contributed by atoms with Crippen molar-refractivity contribution in [3.63, 3.8) is 0 Å². The molecule has 1 unspecified atom stereocenters. The molecule has 2 heteroatoms. The van der Waals surface area contributed by atoms with Crippen LogP contribution in [0.4, 0.5) is 0 Å². The van der Waals surface area contributed by atoms with E-state index in [2.05, 4.69) is 53.8 Å². The summed E-state index contributed by atoms with van der Waals surface area (Å²) in [4.78, 5) is 0. The van der Waals surface area contributed by atoms with Crippen molar-refractivity contribution in [2.75, 3.05) is 6.54 Å². The third-order valence-corrected chi connectivity index (χ3v) is 2.64. The van der Waals surface area contributed by atoms with Gasteiger partial charge in [0.25, 0.3) is 0 Å². The molecule has 0 spiro atoms. The van der Waals surface area contributed by atoms with E-state index in [9.17, 15) is 0 Å². The smallest absolute Gasteiger partial charge is 0.0188 e. The Labute approximate surface area is 96.0 Å². The fourth-order valence-corrected chi connectivity index (χ4v) is 2.02. The van der Waals surface area contributed by atoms with Gasteiger partial charge in [0, 0.05) is 18.1 Å². The molecular formula is C13H30N2. The summed E-state index contributed by atoms with van der Waals surface area (Å²) in [5.74, 6) is 0.544. The molecule has 0 aliphatic heterocycles. The summed E-state index contributed by atoms with van der Waals surface area (Å²) in [5.41, 5.74) is 6.56. The van der Waals surface area contributed by atoms with Gasteiger partial charge in [-0.2, -0.15) is 0 Å². The molecule has 0 aliphatic rings. The summed E-state index contributed by atoms with van der Waals surface area (Å²) in [5, 5.41) is 3.57. The van der Waals surface area contributed by atoms with Gasteiger partial charge in [-0.15, -0.1) is 0 Å². The molecule has 0 rings (SSSR count). The minimum absolute atomic E-state index is 0.171. The highest BCUT2D eigenvalue weighted by atomic mass is 15.0. The van der Waals surface area contributed by atoms with Crippen LogP contribution in [0.2, 0.25) is 0 Å². The molecule has 0 bridgehead atoms. The molecular weight excluding hydrogens is 184 g/mol. The summed E-state index contributed by atoms with van der Waals surface area (Å²) >= 11 is 0. The van der Waals surface area contributed by atoms with E-state index in [0.29, 0.717) is 11.3 Å². The minimum atomic E-state index is 0.171. The molecule has 0 fully saturated rings. The molecule has 3 N–H and O–H groups in total. The van der Waals surface area contributed by atoms with Crippen molar-refractivity contribution < 1.29 is 0 Å². The largest absolute Gasteiger partial charge is 0.326 e. The van der Waals surface area contributed by atoms with Gasteiger partial charge in [-0.25, -0.2) is 0 Å². The lowest BCUT2D eigenvalue weighted by atomic mass is 9.81. The second kappa shape index (κ2) is 5.31. The first-order chi connectivity index (χ1) is 6.53. The van der Waals surface area contributed by atoms with E-state index in [0.717, 1.165) is 13.0 Å². The molecule has 0 amide bonds. The van der Waals surface area contributed by atoms with Crippen LogP contribution >= 0.6 is 0 Å². The van der Waals surface area contributed by atoms with Crippen molar-refractivity contribution in [3.05, 3.63) is 0 Å². The Bertz CT molecular complexity index is 177. The molecule has 0 saturated carbocycles. The van der Waals surface area contributed by atoms with Gasteiger partial charge in [0.2, 0.25) is 0 Å². The quantitative estimate of drug-likeness (QED) is 0.738. The first kappa shape index (κ1) is 14.9. The van der Waals surface area contributed by atoms with Gasteiger partial charge in [-0.3, -0.25) is 0 Å². The van der Waals surface area contributed by atoms with Gasteiger partial charge < -0.3 is 11.1 Å². The lowest BCUT2D eigenvalue weighted by Crippen LogP contribution is -2.48. The maximum absolute atomic E-state index is 6.02. The van der Waals surface area contributed by atoms with Crippen LogP contribution in [-0.2, 0) is 0 Å². The third-order valence-electron chi connectivity index (χ3n) is 2.64. The standard InChI is InChI=1S/C13H30N2/c1-10(2)11(14)8-15-13(6,7)9-12(3,4)5/h10-11,15H,8-9,14H2,1-7H3. The van der Waals surface area contributed by atoms with Crippen molar-refractivity contribution >= 4 is 0 Å². The molecule has 2 nitrogen and oxygen atoms in total. The molecule has 0 heterocycles. The van der Waals surface area contributed by atoms with Crippen molar-refractivity contribution in [2.24, 2.45) is 17.1 Å². The second-order valence-electron chi connectivity index (χ2n) is 6.91. The summed E-state index contributed by atoms with van der Waals surface area (Å²) < 4.78 is 0. The van der Waals surface area contributed by atoms with Crippen LogP contribution in [0.15, 0.2) is 0 Å². The summed E-state index contributed by atoms with van der Waals surface area (Å²) in [7, 11) is 0. The number of hydrogen-bond acceptors (Lipinski definition) is 2. The molecule has 0 radical (unpaired) electrons. The Morgan fingerprint density at radius 2 is 1.53 bits per heavy atom. The fourth-order valence-electron chi connectivity index (χ4n) is 2.02. The maximum atomic E-state index is 6.02. The van der Waals surface area contributed by atoms with Gasteiger partial charge >= 0.3 is 0 Å². The SMILES string of the molecule is CC(C)C(N)CNC(C)(C)CC(C)(C)C. The molecule has 15 heavy (non-hydrogen) atoms. The average molecular weight is 214 g/mol. The Morgan fingerprint density at radius 3 is 1.87 bits per heavy atom. The van der Waals surface area contributed by atoms with Crippen molar-refractivity contribution in [3.8, 4) is 0 Å². The summed E-state index contributed by atoms with van der Waals surface area (Å²) in [6.45, 7) is 16.6. The number of nitrogens with two attached hydrogens (primary N) is 1. The predicted octanol–water partition coefficient (Wildman–Crippen LogP) is 2.77. The highest BCUT2D eigenvalue weighted by Gasteiger charge is 2.25. The van der Waals surface area contributed by atoms with Gasteiger partial charge in [-0.05, 0) is 31.6 Å². The molecule has 1 atom stereocenters. The first-order valence-electron chi connectivity index (χ1n) is 6.04. The maximum Gasteiger partial charge on any atom is 0.0188 e. The van der Waals surface area contributed by atoms with Crippen LogP contribution in [0.25, 0.3) is 0 Å². The van der Waals surface area contributed by atoms with E-state index in [4.69, 9.17) is 5.73 Å². The van der Waals surface area contributed by atoms with E-state index in [1.165, 1.54) is 0 Å². The summed E-state index contributed by atoms with van der Waals surface area (Å²) in [6.07, 6.45) is 1.16. The van der Waals surface area contributed by atoms with E-state index in [1.54, 1.807) is 0 Å². The van der Waals surface area contributed by atoms with Gasteiger partial charge in [0.15, 0.2) is 0 Å². The van der Waals surface area contributed by atoms with Crippen LogP contribution in [0.5, 0.6) is 0 Å². The van der Waals surface area contributed by atoms with E-state index in [-0.39, 0.29) is 11.6 Å². The van der Waals surface area contributed by atoms with Crippen LogP contribution in [0.1, 0.15) is 54.9 Å². The van der Waals surface area contributed by atoms with Crippen LogP contribution in [0.3, 0.4) is 0 Å². The number of nitrogens with one attached hydrogen (secondary N) is 1. The Balaban J connectivity index is 4.04. The second-order valence-corrected chi connectivity index (χ2v) is 6.91. The van der Waals surface area contributed by atoms with Crippen molar-refractivity contribution in [2.45, 2.75) is 66.5 Å². The number of hydrogen-bond donors (Lipinski definition) is 2. The molecule has 0 saturated heterocycles. The van der Waals surface area contributed by atoms with Crippen LogP contribution < -0.4 is 11.1 Å². The Kier molecular flexibility index (Phi) is 5.28. The highest BCUT2D eigenvalue weighted by Crippen LogP contribution is 2.26. The average Bonchev–Trinajstić information content (AvgIpc) is 1.95. The molecule has 0 aromatic heterocycles. The third kappa shape index (κ3) is 7.80. The Hall–Kier alpha value is -0.0800. The van der Waals surface area contributed by atoms with Crippen LogP contribution in [-0.4, -0.2) is 18.1 Å². The lowest BCUT2D eigenvalue weighted by Gasteiger charge is -2.34. The van der Waals surface area contributed by atoms with Gasteiger partial charge in [0.1, 0.15) is 0 Å². The monoisotopic (exact) mass is 214 g/mol. The first-order valence-corrected chi connectivity index (χ1v) is 6.04. The number of rotatable bonds is 5. The topological polar surface area (TPSA) is 38.0 Å². The van der Waals surface area contributed by atoms with E-state index >= 15 is 0 Å². The minimum Gasteiger partial charge on any atom is -0.326 e. The van der Waals surface area contributed by atoms with E-state index < -0.39 is 0 Å².